The highest BCUT2D eigenvalue weighted by Gasteiger charge is 2.21. The fraction of sp³-hybridized carbons (Fsp3) is 0. The highest BCUT2D eigenvalue weighted by Crippen LogP contribution is 2.25. The van der Waals surface area contributed by atoms with E-state index in [0.29, 0.717) is 0 Å². The van der Waals surface area contributed by atoms with Crippen molar-refractivity contribution < 1.29 is 12.8 Å². The number of benzene rings is 2. The Bertz CT molecular complexity index is 639. The molecule has 0 aromatic heterocycles. The molecule has 2 aromatic rings. The van der Waals surface area contributed by atoms with Gasteiger partial charge in [0.25, 0.3) is 0 Å². The van der Waals surface area contributed by atoms with E-state index in [9.17, 15) is 12.8 Å². The van der Waals surface area contributed by atoms with Crippen molar-refractivity contribution in [2.45, 2.75) is 9.79 Å². The smallest absolute Gasteiger partial charge is 0.209 e. The molecule has 0 fully saturated rings. The topological polar surface area (TPSA) is 34.1 Å². The van der Waals surface area contributed by atoms with Crippen molar-refractivity contribution in [2.75, 3.05) is 0 Å². The Morgan fingerprint density at radius 3 is 2.24 bits per heavy atom. The average Bonchev–Trinajstić information content (AvgIpc) is 2.29. The van der Waals surface area contributed by atoms with Crippen LogP contribution in [0.25, 0.3) is 0 Å². The van der Waals surface area contributed by atoms with Crippen LogP contribution in [0.3, 0.4) is 0 Å². The molecule has 0 heterocycles. The second-order valence-electron chi connectivity index (χ2n) is 3.39. The lowest BCUT2D eigenvalue weighted by atomic mass is 10.3. The van der Waals surface area contributed by atoms with Gasteiger partial charge < -0.3 is 0 Å². The zero-order chi connectivity index (χ0) is 12.5. The number of halogens is 2. The molecule has 0 N–H and O–H groups in total. The molecule has 0 radical (unpaired) electrons. The summed E-state index contributed by atoms with van der Waals surface area (Å²) in [6.45, 7) is 0. The Morgan fingerprint density at radius 1 is 1.00 bits per heavy atom. The van der Waals surface area contributed by atoms with Crippen molar-refractivity contribution in [2.24, 2.45) is 0 Å². The zero-order valence-corrected chi connectivity index (χ0v) is 10.2. The van der Waals surface area contributed by atoms with Crippen LogP contribution in [0, 0.1) is 5.82 Å². The monoisotopic (exact) mass is 270 g/mol. The minimum absolute atomic E-state index is 0.0567. The third kappa shape index (κ3) is 2.33. The van der Waals surface area contributed by atoms with Gasteiger partial charge in [0.1, 0.15) is 10.7 Å². The minimum atomic E-state index is -3.82. The summed E-state index contributed by atoms with van der Waals surface area (Å²) in [7, 11) is -3.82. The van der Waals surface area contributed by atoms with E-state index in [-0.39, 0.29) is 14.8 Å². The fourth-order valence-corrected chi connectivity index (χ4v) is 2.91. The normalized spacial score (nSPS) is 11.4. The van der Waals surface area contributed by atoms with E-state index in [4.69, 9.17) is 11.6 Å². The predicted molar refractivity (Wildman–Crippen MR) is 63.3 cm³/mol. The Hall–Kier alpha value is -1.39. The van der Waals surface area contributed by atoms with Gasteiger partial charge in [-0.15, -0.1) is 0 Å². The van der Waals surface area contributed by atoms with Crippen LogP contribution in [-0.2, 0) is 9.84 Å². The molecule has 0 aliphatic rings. The lowest BCUT2D eigenvalue weighted by Gasteiger charge is -2.05. The van der Waals surface area contributed by atoms with Gasteiger partial charge in [-0.25, -0.2) is 12.8 Å². The van der Waals surface area contributed by atoms with Crippen molar-refractivity contribution in [1.29, 1.82) is 0 Å². The summed E-state index contributed by atoms with van der Waals surface area (Å²) in [4.78, 5) is -0.311. The molecular weight excluding hydrogens is 263 g/mol. The Morgan fingerprint density at radius 2 is 1.65 bits per heavy atom. The van der Waals surface area contributed by atoms with E-state index in [2.05, 4.69) is 0 Å². The number of rotatable bonds is 2. The predicted octanol–water partition coefficient (Wildman–Crippen LogP) is 3.31. The van der Waals surface area contributed by atoms with Gasteiger partial charge in [0.15, 0.2) is 0 Å². The quantitative estimate of drug-likeness (QED) is 0.839. The zero-order valence-electron chi connectivity index (χ0n) is 8.60. The Kier molecular flexibility index (Phi) is 3.17. The van der Waals surface area contributed by atoms with Crippen molar-refractivity contribution in [1.82, 2.24) is 0 Å². The summed E-state index contributed by atoms with van der Waals surface area (Å²) in [5.74, 6) is -0.846. The summed E-state index contributed by atoms with van der Waals surface area (Å²) in [5.41, 5.74) is 0. The summed E-state index contributed by atoms with van der Waals surface area (Å²) in [6, 6.07) is 11.2. The molecule has 0 bridgehead atoms. The molecule has 0 atom stereocenters. The summed E-state index contributed by atoms with van der Waals surface area (Å²) >= 11 is 5.58. The van der Waals surface area contributed by atoms with Crippen molar-refractivity contribution in [3.63, 3.8) is 0 Å². The van der Waals surface area contributed by atoms with Gasteiger partial charge in [-0.3, -0.25) is 0 Å². The second-order valence-corrected chi connectivity index (χ2v) is 5.75. The molecule has 2 aromatic carbocycles. The first kappa shape index (κ1) is 12.1. The second kappa shape index (κ2) is 4.47. The van der Waals surface area contributed by atoms with Crippen LogP contribution in [0.15, 0.2) is 58.3 Å². The molecule has 0 aliphatic carbocycles. The van der Waals surface area contributed by atoms with Gasteiger partial charge in [-0.1, -0.05) is 29.8 Å². The molecular formula is C12H8ClFO2S. The molecule has 88 valence electrons. The van der Waals surface area contributed by atoms with Crippen LogP contribution in [-0.4, -0.2) is 8.42 Å². The molecule has 0 unspecified atom stereocenters. The molecule has 0 saturated heterocycles. The fourth-order valence-electron chi connectivity index (χ4n) is 1.42. The Labute approximate surface area is 104 Å². The van der Waals surface area contributed by atoms with Crippen LogP contribution >= 0.6 is 11.6 Å². The highest BCUT2D eigenvalue weighted by atomic mass is 35.5. The van der Waals surface area contributed by atoms with Crippen molar-refractivity contribution >= 4 is 21.4 Å². The van der Waals surface area contributed by atoms with E-state index in [1.54, 1.807) is 18.2 Å². The van der Waals surface area contributed by atoms with E-state index >= 15 is 0 Å². The molecule has 0 amide bonds. The molecule has 0 spiro atoms. The largest absolute Gasteiger partial charge is 0.218 e. The van der Waals surface area contributed by atoms with Gasteiger partial charge in [0.2, 0.25) is 9.84 Å². The van der Waals surface area contributed by atoms with E-state index in [1.165, 1.54) is 24.3 Å². The molecule has 2 nitrogen and oxygen atoms in total. The first-order chi connectivity index (χ1) is 8.01. The van der Waals surface area contributed by atoms with Crippen molar-refractivity contribution in [3.8, 4) is 0 Å². The SMILES string of the molecule is O=S(=O)(c1ccccc1)c1ccc(Cl)cc1F. The summed E-state index contributed by atoms with van der Waals surface area (Å²) < 4.78 is 37.7. The van der Waals surface area contributed by atoms with Crippen LogP contribution in [0.1, 0.15) is 0 Å². The van der Waals surface area contributed by atoms with Crippen LogP contribution in [0.2, 0.25) is 5.02 Å². The lowest BCUT2D eigenvalue weighted by Crippen LogP contribution is -2.04. The van der Waals surface area contributed by atoms with Gasteiger partial charge >= 0.3 is 0 Å². The number of hydrogen-bond donors (Lipinski definition) is 0. The number of sulfone groups is 1. The van der Waals surface area contributed by atoms with E-state index in [1.807, 2.05) is 0 Å². The summed E-state index contributed by atoms with van der Waals surface area (Å²) in [6.07, 6.45) is 0. The molecule has 17 heavy (non-hydrogen) atoms. The molecule has 0 saturated carbocycles. The van der Waals surface area contributed by atoms with Crippen LogP contribution in [0.5, 0.6) is 0 Å². The highest BCUT2D eigenvalue weighted by molar-refractivity contribution is 7.91. The first-order valence-electron chi connectivity index (χ1n) is 4.77. The van der Waals surface area contributed by atoms with Gasteiger partial charge in [-0.05, 0) is 30.3 Å². The molecule has 2 rings (SSSR count). The van der Waals surface area contributed by atoms with Gasteiger partial charge in [-0.2, -0.15) is 0 Å². The van der Waals surface area contributed by atoms with Gasteiger partial charge in [0, 0.05) is 5.02 Å². The average molecular weight is 271 g/mol. The van der Waals surface area contributed by atoms with E-state index < -0.39 is 15.7 Å². The van der Waals surface area contributed by atoms with Gasteiger partial charge in [0.05, 0.1) is 4.90 Å². The maximum atomic E-state index is 13.6. The first-order valence-corrected chi connectivity index (χ1v) is 6.63. The lowest BCUT2D eigenvalue weighted by molar-refractivity contribution is 0.567. The van der Waals surface area contributed by atoms with E-state index in [0.717, 1.165) is 6.07 Å². The molecule has 0 aliphatic heterocycles. The maximum absolute atomic E-state index is 13.6. The van der Waals surface area contributed by atoms with Crippen molar-refractivity contribution in [3.05, 3.63) is 59.4 Å². The Balaban J connectivity index is 2.61. The maximum Gasteiger partial charge on any atom is 0.209 e. The summed E-state index contributed by atoms with van der Waals surface area (Å²) in [5, 5.41) is 0.162. The standard InChI is InChI=1S/C12H8ClFO2S/c13-9-6-7-12(11(14)8-9)17(15,16)10-4-2-1-3-5-10/h1-8H. The number of hydrogen-bond acceptors (Lipinski definition) is 2. The molecule has 5 heteroatoms. The van der Waals surface area contributed by atoms with Crippen LogP contribution < -0.4 is 0 Å². The third-order valence-electron chi connectivity index (χ3n) is 2.24. The minimum Gasteiger partial charge on any atom is -0.218 e. The van der Waals surface area contributed by atoms with Crippen LogP contribution in [0.4, 0.5) is 4.39 Å². The third-order valence-corrected chi connectivity index (χ3v) is 4.27.